The second-order valence-electron chi connectivity index (χ2n) is 16.0. The number of aromatic nitrogens is 2. The lowest BCUT2D eigenvalue weighted by Gasteiger charge is -2.41. The molecule has 8 rings (SSSR count). The first-order chi connectivity index (χ1) is 31.4. The monoisotopic (exact) mass is 911 g/mol. The summed E-state index contributed by atoms with van der Waals surface area (Å²) in [6.07, 6.45) is 5.05. The van der Waals surface area contributed by atoms with Crippen molar-refractivity contribution in [2.45, 2.75) is 23.3 Å². The second-order valence-corrected chi connectivity index (χ2v) is 17.7. The van der Waals surface area contributed by atoms with Gasteiger partial charge in [-0.2, -0.15) is 0 Å². The molecule has 18 heteroatoms. The summed E-state index contributed by atoms with van der Waals surface area (Å²) >= 11 is 0. The van der Waals surface area contributed by atoms with E-state index in [1.165, 1.54) is 49.7 Å². The average molecular weight is 912 g/mol. The molecule has 0 radical (unpaired) electrons. The van der Waals surface area contributed by atoms with E-state index >= 15 is 0 Å². The summed E-state index contributed by atoms with van der Waals surface area (Å²) in [5.74, 6) is -2.19. The van der Waals surface area contributed by atoms with Gasteiger partial charge in [-0.25, -0.2) is 32.0 Å². The number of methoxy groups -OCH3 is 1. The Morgan fingerprint density at radius 3 is 2.46 bits per heavy atom. The number of H-pyrrole nitrogens is 1. The number of nitrogens with zero attached hydrogens (tertiary/aromatic N) is 4. The highest BCUT2D eigenvalue weighted by molar-refractivity contribution is 7.90. The van der Waals surface area contributed by atoms with Crippen LogP contribution >= 0.6 is 0 Å². The molecule has 2 saturated heterocycles. The van der Waals surface area contributed by atoms with Crippen molar-refractivity contribution in [3.63, 3.8) is 0 Å². The van der Waals surface area contributed by atoms with Crippen molar-refractivity contribution < 1.29 is 46.1 Å². The number of aromatic amines is 1. The minimum atomic E-state index is -4.46. The normalized spacial score (nSPS) is 16.0. The predicted octanol–water partition coefficient (Wildman–Crippen LogP) is 6.62. The van der Waals surface area contributed by atoms with Crippen LogP contribution in [0.15, 0.2) is 114 Å². The first-order valence-electron chi connectivity index (χ1n) is 21.2. The maximum atomic E-state index is 14.5. The zero-order valence-electron chi connectivity index (χ0n) is 36.0. The highest BCUT2D eigenvalue weighted by Gasteiger charge is 2.36. The first-order valence-corrected chi connectivity index (χ1v) is 22.7. The quantitative estimate of drug-likeness (QED) is 0.0570. The number of pyridine rings is 1. The fraction of sp³-hybridized carbons (Fsp3) is 0.319. The molecule has 1 atom stereocenters. The molecule has 0 bridgehead atoms. The average Bonchev–Trinajstić information content (AvgIpc) is 3.80. The minimum Gasteiger partial charge on any atom is -0.455 e. The standard InChI is InChI=1S/C47H51F2N7O8S/c1-61-31-56(62-2)43-27-38(10-13-42(43)51-28-32-15-22-63-23-16-32)65(59,60)53-46(57)39-11-9-36(26-44(39)64-37-24-33-14-17-50-45(33)52-29-37)55-20-18-54(19-21-55)30-47(58,34-6-4-3-5-7-34)35-8-12-40(48)41(49)25-35/h3-14,17,24-27,29,32,51,58H,15-16,18-23,28,30-31H2,1-2H3,(H,50,52)(H,53,57). The number of rotatable bonds is 17. The van der Waals surface area contributed by atoms with Crippen LogP contribution in [-0.4, -0.2) is 108 Å². The van der Waals surface area contributed by atoms with Gasteiger partial charge < -0.3 is 34.5 Å². The van der Waals surface area contributed by atoms with E-state index in [1.807, 2.05) is 17.0 Å². The molecular weight excluding hydrogens is 861 g/mol. The summed E-state index contributed by atoms with van der Waals surface area (Å²) in [6.45, 7) is 4.07. The van der Waals surface area contributed by atoms with Gasteiger partial charge in [-0.05, 0) is 84.5 Å². The molecule has 2 aromatic heterocycles. The van der Waals surface area contributed by atoms with E-state index in [0.717, 1.165) is 30.4 Å². The summed E-state index contributed by atoms with van der Waals surface area (Å²) in [6, 6.07) is 25.3. The van der Waals surface area contributed by atoms with Gasteiger partial charge in [0.05, 0.1) is 35.1 Å². The fourth-order valence-corrected chi connectivity index (χ4v) is 9.19. The number of fused-ring (bicyclic) bond motifs is 1. The van der Waals surface area contributed by atoms with Gasteiger partial charge in [-0.15, -0.1) is 0 Å². The van der Waals surface area contributed by atoms with Gasteiger partial charge in [0, 0.05) is 82.9 Å². The number of hydrogen-bond acceptors (Lipinski definition) is 13. The number of carbonyl (C=O) groups excluding carboxylic acids is 1. The molecule has 0 saturated carbocycles. The van der Waals surface area contributed by atoms with Crippen LogP contribution in [0.5, 0.6) is 11.5 Å². The van der Waals surface area contributed by atoms with Crippen LogP contribution in [0.1, 0.15) is 34.3 Å². The zero-order chi connectivity index (χ0) is 45.6. The third kappa shape index (κ3) is 10.4. The number of anilines is 3. The molecule has 1 unspecified atom stereocenters. The van der Waals surface area contributed by atoms with Crippen molar-refractivity contribution in [1.29, 1.82) is 0 Å². The predicted molar refractivity (Wildman–Crippen MR) is 242 cm³/mol. The number of benzene rings is 4. The summed E-state index contributed by atoms with van der Waals surface area (Å²) in [5, 5.41) is 17.7. The van der Waals surface area contributed by atoms with Gasteiger partial charge in [0.25, 0.3) is 15.9 Å². The third-order valence-corrected chi connectivity index (χ3v) is 13.1. The number of sulfonamides is 1. The van der Waals surface area contributed by atoms with E-state index in [0.29, 0.717) is 85.9 Å². The van der Waals surface area contributed by atoms with Crippen LogP contribution in [-0.2, 0) is 29.9 Å². The first kappa shape index (κ1) is 45.4. The Balaban J connectivity index is 1.03. The maximum Gasteiger partial charge on any atom is 0.268 e. The van der Waals surface area contributed by atoms with Crippen LogP contribution in [0.4, 0.5) is 25.8 Å². The SMILES string of the molecule is COCN(OC)c1cc(S(=O)(=O)NC(=O)c2ccc(N3CCN(CC(O)(c4ccccc4)c4ccc(F)c(F)c4)CC3)cc2Oc2cnc3[nH]ccc3c2)ccc1NCC1CCOCC1. The van der Waals surface area contributed by atoms with Crippen molar-refractivity contribution in [3.8, 4) is 11.5 Å². The number of aliphatic hydroxyl groups is 1. The molecule has 4 heterocycles. The van der Waals surface area contributed by atoms with Gasteiger partial charge >= 0.3 is 0 Å². The number of nitrogens with one attached hydrogen (secondary N) is 3. The van der Waals surface area contributed by atoms with E-state index in [2.05, 4.69) is 24.9 Å². The zero-order valence-corrected chi connectivity index (χ0v) is 36.8. The Kier molecular flexibility index (Phi) is 13.9. The van der Waals surface area contributed by atoms with E-state index in [-0.39, 0.29) is 35.0 Å². The number of hydrogen-bond donors (Lipinski definition) is 4. The lowest BCUT2D eigenvalue weighted by Crippen LogP contribution is -2.51. The Hall–Kier alpha value is -6.15. The van der Waals surface area contributed by atoms with Crippen LogP contribution in [0, 0.1) is 17.6 Å². The molecule has 342 valence electrons. The Morgan fingerprint density at radius 2 is 1.72 bits per heavy atom. The van der Waals surface area contributed by atoms with Crippen LogP contribution < -0.4 is 24.7 Å². The van der Waals surface area contributed by atoms with E-state index < -0.39 is 33.2 Å². The number of carbonyl (C=O) groups is 1. The van der Waals surface area contributed by atoms with Gasteiger partial charge in [-0.1, -0.05) is 36.4 Å². The minimum absolute atomic E-state index is 0.00304. The summed E-state index contributed by atoms with van der Waals surface area (Å²) < 4.78 is 75.9. The summed E-state index contributed by atoms with van der Waals surface area (Å²) in [7, 11) is -1.52. The van der Waals surface area contributed by atoms with Gasteiger partial charge in [0.1, 0.15) is 29.5 Å². The lowest BCUT2D eigenvalue weighted by atomic mass is 9.85. The number of piperazine rings is 1. The van der Waals surface area contributed by atoms with Gasteiger partial charge in [0.15, 0.2) is 11.6 Å². The van der Waals surface area contributed by atoms with Crippen molar-refractivity contribution >= 4 is 44.0 Å². The van der Waals surface area contributed by atoms with Gasteiger partial charge in [-0.3, -0.25) is 14.5 Å². The van der Waals surface area contributed by atoms with Gasteiger partial charge in [0.2, 0.25) is 0 Å². The van der Waals surface area contributed by atoms with Crippen molar-refractivity contribution in [2.24, 2.45) is 5.92 Å². The molecule has 0 spiro atoms. The largest absolute Gasteiger partial charge is 0.455 e. The smallest absolute Gasteiger partial charge is 0.268 e. The summed E-state index contributed by atoms with van der Waals surface area (Å²) in [5.41, 5.74) is 1.44. The van der Waals surface area contributed by atoms with E-state index in [9.17, 15) is 27.1 Å². The topological polar surface area (TPSA) is 171 Å². The van der Waals surface area contributed by atoms with Crippen LogP contribution in [0.25, 0.3) is 11.0 Å². The van der Waals surface area contributed by atoms with Crippen LogP contribution in [0.3, 0.4) is 0 Å². The molecule has 2 aliphatic rings. The Labute approximate surface area is 375 Å². The van der Waals surface area contributed by atoms with E-state index in [4.69, 9.17) is 19.0 Å². The number of ether oxygens (including phenoxy) is 3. The molecular formula is C47H51F2N7O8S. The van der Waals surface area contributed by atoms with Crippen molar-refractivity contribution in [1.82, 2.24) is 19.6 Å². The molecule has 4 aromatic carbocycles. The molecule has 65 heavy (non-hydrogen) atoms. The lowest BCUT2D eigenvalue weighted by molar-refractivity contribution is 0.0334. The van der Waals surface area contributed by atoms with Crippen molar-refractivity contribution in [3.05, 3.63) is 138 Å². The molecule has 1 amide bonds. The highest BCUT2D eigenvalue weighted by Crippen LogP contribution is 2.36. The Bertz CT molecular complexity index is 2710. The number of hydroxylamine groups is 1. The number of amides is 1. The molecule has 0 aliphatic carbocycles. The van der Waals surface area contributed by atoms with E-state index in [1.54, 1.807) is 54.7 Å². The third-order valence-electron chi connectivity index (χ3n) is 11.8. The number of halogens is 2. The maximum absolute atomic E-state index is 14.5. The highest BCUT2D eigenvalue weighted by atomic mass is 32.2. The fourth-order valence-electron chi connectivity index (χ4n) is 8.20. The molecule has 4 N–H and O–H groups in total. The van der Waals surface area contributed by atoms with Crippen LogP contribution in [0.2, 0.25) is 0 Å². The molecule has 6 aromatic rings. The summed E-state index contributed by atoms with van der Waals surface area (Å²) in [4.78, 5) is 31.1. The second kappa shape index (κ2) is 19.9. The van der Waals surface area contributed by atoms with Crippen molar-refractivity contribution in [2.75, 3.05) is 88.7 Å². The Morgan fingerprint density at radius 1 is 0.938 bits per heavy atom. The molecule has 2 fully saturated rings. The molecule has 15 nitrogen and oxygen atoms in total. The molecule has 2 aliphatic heterocycles. The number of β-amino-alcohol motifs (C(OH)–C–C–N with tert-alkyl or cyclic N) is 1.